The number of para-hydroxylation sites is 1. The maximum Gasteiger partial charge on any atom is 0.295 e. The van der Waals surface area contributed by atoms with E-state index >= 15 is 0 Å². The number of sulfonamides is 1. The molecule has 0 aliphatic rings. The van der Waals surface area contributed by atoms with Crippen molar-refractivity contribution in [3.8, 4) is 0 Å². The largest absolute Gasteiger partial charge is 0.295 e. The second-order valence-electron chi connectivity index (χ2n) is 7.30. The number of halogens is 1. The quantitative estimate of drug-likeness (QED) is 0.209. The Morgan fingerprint density at radius 2 is 1.89 bits per heavy atom. The summed E-state index contributed by atoms with van der Waals surface area (Å²) in [6.45, 7) is 0. The summed E-state index contributed by atoms with van der Waals surface area (Å²) in [4.78, 5) is 27.2. The number of anilines is 2. The van der Waals surface area contributed by atoms with Crippen LogP contribution >= 0.6 is 22.9 Å². The molecule has 4 rings (SSSR count). The zero-order valence-corrected chi connectivity index (χ0v) is 20.3. The number of thiazole rings is 1. The molecule has 1 aromatic heterocycles. The smallest absolute Gasteiger partial charge is 0.292 e. The lowest BCUT2D eigenvalue weighted by atomic mass is 10.3. The average molecular weight is 532 g/mol. The molecule has 3 N–H and O–H groups in total. The van der Waals surface area contributed by atoms with E-state index in [9.17, 15) is 23.3 Å². The number of hydrogen-bond donors (Lipinski definition) is 3. The van der Waals surface area contributed by atoms with E-state index in [0.717, 1.165) is 21.3 Å². The van der Waals surface area contributed by atoms with E-state index in [1.165, 1.54) is 35.6 Å². The summed E-state index contributed by atoms with van der Waals surface area (Å²) in [5.74, 6) is -0.405. The van der Waals surface area contributed by atoms with Gasteiger partial charge in [-0.05, 0) is 42.5 Å². The van der Waals surface area contributed by atoms with Gasteiger partial charge in [0.25, 0.3) is 15.7 Å². The summed E-state index contributed by atoms with van der Waals surface area (Å²) in [5.41, 5.74) is 5.39. The third kappa shape index (κ3) is 6.04. The Hall–Kier alpha value is -3.74. The highest BCUT2D eigenvalue weighted by molar-refractivity contribution is 7.92. The van der Waals surface area contributed by atoms with E-state index in [1.807, 2.05) is 24.3 Å². The number of benzene rings is 3. The molecular weight excluding hydrogens is 514 g/mol. The summed E-state index contributed by atoms with van der Waals surface area (Å²) in [7, 11) is -4.12. The van der Waals surface area contributed by atoms with Crippen LogP contribution in [0.5, 0.6) is 0 Å². The van der Waals surface area contributed by atoms with Crippen LogP contribution in [0.3, 0.4) is 0 Å². The normalized spacial score (nSPS) is 11.2. The predicted molar refractivity (Wildman–Crippen MR) is 135 cm³/mol. The van der Waals surface area contributed by atoms with Crippen molar-refractivity contribution < 1.29 is 18.1 Å². The van der Waals surface area contributed by atoms with E-state index in [1.54, 1.807) is 12.1 Å². The number of amides is 1. The Labute approximate surface area is 209 Å². The zero-order valence-electron chi connectivity index (χ0n) is 17.9. The van der Waals surface area contributed by atoms with Crippen LogP contribution < -0.4 is 15.6 Å². The second-order valence-corrected chi connectivity index (χ2v) is 10.5. The van der Waals surface area contributed by atoms with E-state index in [0.29, 0.717) is 11.4 Å². The van der Waals surface area contributed by atoms with Gasteiger partial charge in [0, 0.05) is 23.9 Å². The van der Waals surface area contributed by atoms with Gasteiger partial charge in [-0.25, -0.2) is 13.4 Å². The Morgan fingerprint density at radius 3 is 2.63 bits per heavy atom. The fourth-order valence-electron chi connectivity index (χ4n) is 3.15. The summed E-state index contributed by atoms with van der Waals surface area (Å²) in [6.07, 6.45) is 0.512. The topological polar surface area (TPSA) is 143 Å². The van der Waals surface area contributed by atoms with Crippen molar-refractivity contribution in [2.24, 2.45) is 0 Å². The van der Waals surface area contributed by atoms with Gasteiger partial charge in [0.05, 0.1) is 30.7 Å². The molecule has 0 bridgehead atoms. The molecule has 1 heterocycles. The maximum absolute atomic E-state index is 12.7. The van der Waals surface area contributed by atoms with Crippen LogP contribution in [0.4, 0.5) is 17.1 Å². The van der Waals surface area contributed by atoms with Gasteiger partial charge in [-0.3, -0.25) is 30.5 Å². The van der Waals surface area contributed by atoms with Crippen LogP contribution in [0.25, 0.3) is 10.2 Å². The SMILES string of the molecule is O=C(CCc1nc2ccccc2s1)NNc1ccc(S(=O)(=O)Nc2cccc(Cl)c2)cc1[N+](=O)[O-]. The first kappa shape index (κ1) is 24.4. The van der Waals surface area contributed by atoms with Gasteiger partial charge in [0.2, 0.25) is 5.91 Å². The van der Waals surface area contributed by atoms with Crippen LogP contribution in [0, 0.1) is 10.1 Å². The first-order chi connectivity index (χ1) is 16.7. The van der Waals surface area contributed by atoms with Crippen LogP contribution in [-0.2, 0) is 21.2 Å². The summed E-state index contributed by atoms with van der Waals surface area (Å²) in [5, 5.41) is 12.7. The molecule has 13 heteroatoms. The van der Waals surface area contributed by atoms with Crippen molar-refractivity contribution >= 4 is 66.1 Å². The Morgan fingerprint density at radius 1 is 1.09 bits per heavy atom. The molecule has 0 saturated heterocycles. The van der Waals surface area contributed by atoms with E-state index in [4.69, 9.17) is 11.6 Å². The molecule has 0 fully saturated rings. The molecule has 0 spiro atoms. The van der Waals surface area contributed by atoms with E-state index in [2.05, 4.69) is 20.6 Å². The third-order valence-corrected chi connectivity index (χ3v) is 7.50. The van der Waals surface area contributed by atoms with Crippen LogP contribution in [-0.4, -0.2) is 24.2 Å². The van der Waals surface area contributed by atoms with Gasteiger partial charge >= 0.3 is 0 Å². The molecule has 10 nitrogen and oxygen atoms in total. The van der Waals surface area contributed by atoms with E-state index in [-0.39, 0.29) is 22.7 Å². The maximum atomic E-state index is 12.7. The van der Waals surface area contributed by atoms with Crippen LogP contribution in [0.2, 0.25) is 5.02 Å². The molecule has 0 radical (unpaired) electrons. The molecule has 0 aliphatic heterocycles. The molecule has 0 aliphatic carbocycles. The van der Waals surface area contributed by atoms with Crippen molar-refractivity contribution in [1.82, 2.24) is 10.4 Å². The van der Waals surface area contributed by atoms with Gasteiger partial charge in [-0.1, -0.05) is 29.8 Å². The highest BCUT2D eigenvalue weighted by Crippen LogP contribution is 2.28. The number of rotatable bonds is 9. The summed E-state index contributed by atoms with van der Waals surface area (Å²) in [6, 6.07) is 17.0. The molecular formula is C22H18ClN5O5S2. The van der Waals surface area contributed by atoms with Gasteiger partial charge in [0.15, 0.2) is 0 Å². The third-order valence-electron chi connectivity index (χ3n) is 4.79. The number of fused-ring (bicyclic) bond motifs is 1. The minimum absolute atomic E-state index is 0.0648. The van der Waals surface area contributed by atoms with Gasteiger partial charge in [0.1, 0.15) is 5.69 Å². The van der Waals surface area contributed by atoms with E-state index < -0.39 is 26.5 Å². The minimum Gasteiger partial charge on any atom is -0.292 e. The number of nitro benzene ring substituents is 1. The molecule has 35 heavy (non-hydrogen) atoms. The van der Waals surface area contributed by atoms with Gasteiger partial charge < -0.3 is 0 Å². The highest BCUT2D eigenvalue weighted by Gasteiger charge is 2.22. The van der Waals surface area contributed by atoms with Crippen LogP contribution in [0.15, 0.2) is 71.6 Å². The van der Waals surface area contributed by atoms with Gasteiger partial charge in [-0.15, -0.1) is 11.3 Å². The second kappa shape index (κ2) is 10.3. The molecule has 4 aromatic rings. The number of carbonyl (C=O) groups is 1. The monoisotopic (exact) mass is 531 g/mol. The zero-order chi connectivity index (χ0) is 25.0. The lowest BCUT2D eigenvalue weighted by Gasteiger charge is -2.11. The number of nitrogens with one attached hydrogen (secondary N) is 3. The van der Waals surface area contributed by atoms with Crippen molar-refractivity contribution in [3.05, 3.63) is 86.9 Å². The Kier molecular flexibility index (Phi) is 7.15. The average Bonchev–Trinajstić information content (AvgIpc) is 3.24. The number of aromatic nitrogens is 1. The molecule has 3 aromatic carbocycles. The number of carbonyl (C=O) groups excluding carboxylic acids is 1. The van der Waals surface area contributed by atoms with Crippen molar-refractivity contribution in [2.75, 3.05) is 10.1 Å². The van der Waals surface area contributed by atoms with Crippen molar-refractivity contribution in [2.45, 2.75) is 17.7 Å². The first-order valence-corrected chi connectivity index (χ1v) is 12.9. The highest BCUT2D eigenvalue weighted by atomic mass is 35.5. The Balaban J connectivity index is 1.41. The Bertz CT molecular complexity index is 1490. The summed E-state index contributed by atoms with van der Waals surface area (Å²) < 4.78 is 28.7. The first-order valence-electron chi connectivity index (χ1n) is 10.2. The molecule has 0 saturated carbocycles. The minimum atomic E-state index is -4.12. The summed E-state index contributed by atoms with van der Waals surface area (Å²) >= 11 is 7.37. The number of nitrogens with zero attached hydrogens (tertiary/aromatic N) is 2. The molecule has 0 unspecified atom stereocenters. The fourth-order valence-corrected chi connectivity index (χ4v) is 5.37. The van der Waals surface area contributed by atoms with Crippen molar-refractivity contribution in [3.63, 3.8) is 0 Å². The lowest BCUT2D eigenvalue weighted by molar-refractivity contribution is -0.384. The lowest BCUT2D eigenvalue weighted by Crippen LogP contribution is -2.29. The fraction of sp³-hybridized carbons (Fsp3) is 0.0909. The molecule has 1 amide bonds. The number of nitro groups is 1. The van der Waals surface area contributed by atoms with Crippen LogP contribution in [0.1, 0.15) is 11.4 Å². The number of aryl methyl sites for hydroxylation is 1. The van der Waals surface area contributed by atoms with Gasteiger partial charge in [-0.2, -0.15) is 0 Å². The number of hydrogen-bond acceptors (Lipinski definition) is 8. The number of hydrazine groups is 1. The van der Waals surface area contributed by atoms with Crippen molar-refractivity contribution in [1.29, 1.82) is 0 Å². The molecule has 180 valence electrons. The standard InChI is InChI=1S/C22H18ClN5O5S2/c23-14-4-3-5-15(12-14)27-35(32,33)16-8-9-17(19(13-16)28(30)31)25-26-21(29)10-11-22-24-18-6-1-2-7-20(18)34-22/h1-9,12-13,25,27H,10-11H2,(H,26,29). The predicted octanol–water partition coefficient (Wildman–Crippen LogP) is 4.73. The molecule has 0 atom stereocenters.